The molecule has 1 aliphatic rings. The molecule has 4 rings (SSSR count). The van der Waals surface area contributed by atoms with Gasteiger partial charge in [-0.1, -0.05) is 19.1 Å². The molecule has 0 aliphatic carbocycles. The molecule has 8 nitrogen and oxygen atoms in total. The van der Waals surface area contributed by atoms with Gasteiger partial charge in [-0.05, 0) is 78.5 Å². The van der Waals surface area contributed by atoms with Gasteiger partial charge in [-0.3, -0.25) is 4.79 Å². The Bertz CT molecular complexity index is 1240. The molecule has 0 radical (unpaired) electrons. The number of fused-ring (bicyclic) bond motifs is 1. The number of aromatic nitrogens is 3. The topological polar surface area (TPSA) is 90.3 Å². The van der Waals surface area contributed by atoms with Crippen molar-refractivity contribution in [2.45, 2.75) is 40.2 Å². The van der Waals surface area contributed by atoms with Gasteiger partial charge in [-0.25, -0.2) is 4.68 Å². The van der Waals surface area contributed by atoms with Gasteiger partial charge < -0.3 is 20.1 Å². The summed E-state index contributed by atoms with van der Waals surface area (Å²) < 4.78 is 14.3. The van der Waals surface area contributed by atoms with Crippen molar-refractivity contribution in [3.05, 3.63) is 69.6 Å². The molecule has 0 bridgehead atoms. The maximum Gasteiger partial charge on any atom is 0.255 e. The number of aryl methyl sites for hydroxylation is 1. The van der Waals surface area contributed by atoms with Crippen LogP contribution in [0.25, 0.3) is 0 Å². The summed E-state index contributed by atoms with van der Waals surface area (Å²) in [6.45, 7) is 8.89. The first-order chi connectivity index (χ1) is 16.4. The second-order valence-electron chi connectivity index (χ2n) is 8.03. The number of allylic oxidation sites excluding steroid dienone is 1. The van der Waals surface area contributed by atoms with E-state index in [9.17, 15) is 4.79 Å². The number of hydrogen-bond acceptors (Lipinski definition) is 6. The largest absolute Gasteiger partial charge is 0.490 e. The maximum atomic E-state index is 13.6. The fourth-order valence-electron chi connectivity index (χ4n) is 3.97. The number of anilines is 2. The van der Waals surface area contributed by atoms with Crippen LogP contribution in [0.3, 0.4) is 0 Å². The summed E-state index contributed by atoms with van der Waals surface area (Å²) in [5.41, 5.74) is 3.86. The Labute approximate surface area is 207 Å². The lowest BCUT2D eigenvalue weighted by molar-refractivity contribution is -0.113. The minimum Gasteiger partial charge on any atom is -0.490 e. The number of carbonyl (C=O) groups is 1. The van der Waals surface area contributed by atoms with E-state index < -0.39 is 6.04 Å². The number of nitrogens with zero attached hydrogens (tertiary/aromatic N) is 3. The highest BCUT2D eigenvalue weighted by atomic mass is 79.9. The third-order valence-corrected chi connectivity index (χ3v) is 6.00. The van der Waals surface area contributed by atoms with Gasteiger partial charge in [-0.2, -0.15) is 10.1 Å². The molecule has 1 aliphatic heterocycles. The summed E-state index contributed by atoms with van der Waals surface area (Å²) in [6.07, 6.45) is 2.35. The van der Waals surface area contributed by atoms with Crippen LogP contribution in [-0.2, 0) is 4.79 Å². The highest BCUT2D eigenvalue weighted by Crippen LogP contribution is 2.43. The van der Waals surface area contributed by atoms with E-state index in [0.717, 1.165) is 27.7 Å². The van der Waals surface area contributed by atoms with E-state index in [-0.39, 0.29) is 5.91 Å². The van der Waals surface area contributed by atoms with Gasteiger partial charge in [0.15, 0.2) is 11.5 Å². The van der Waals surface area contributed by atoms with Gasteiger partial charge in [0.1, 0.15) is 12.4 Å². The van der Waals surface area contributed by atoms with Crippen molar-refractivity contribution in [1.29, 1.82) is 0 Å². The van der Waals surface area contributed by atoms with Crippen LogP contribution in [0.15, 0.2) is 58.5 Å². The molecule has 2 N–H and O–H groups in total. The van der Waals surface area contributed by atoms with Gasteiger partial charge in [0, 0.05) is 11.4 Å². The first kappa shape index (κ1) is 23.8. The molecule has 1 amide bonds. The van der Waals surface area contributed by atoms with Crippen molar-refractivity contribution < 1.29 is 14.3 Å². The average molecular weight is 526 g/mol. The van der Waals surface area contributed by atoms with Crippen molar-refractivity contribution in [3.8, 4) is 11.5 Å². The normalized spacial score (nSPS) is 14.9. The third kappa shape index (κ3) is 4.79. The highest BCUT2D eigenvalue weighted by molar-refractivity contribution is 9.10. The second-order valence-corrected chi connectivity index (χ2v) is 8.88. The van der Waals surface area contributed by atoms with Gasteiger partial charge >= 0.3 is 0 Å². The summed E-state index contributed by atoms with van der Waals surface area (Å²) in [5, 5.41) is 10.7. The van der Waals surface area contributed by atoms with E-state index in [1.807, 2.05) is 57.2 Å². The molecule has 178 valence electrons. The van der Waals surface area contributed by atoms with Crippen LogP contribution in [0.5, 0.6) is 11.5 Å². The predicted octanol–water partition coefficient (Wildman–Crippen LogP) is 5.46. The molecular weight excluding hydrogens is 498 g/mol. The molecule has 34 heavy (non-hydrogen) atoms. The predicted molar refractivity (Wildman–Crippen MR) is 135 cm³/mol. The van der Waals surface area contributed by atoms with Crippen molar-refractivity contribution in [3.63, 3.8) is 0 Å². The standard InChI is InChI=1S/C25H28BrN5O3/c1-5-10-34-23-19(26)12-17(13-20(23)33-6-2)22-21(16(4)29-25-27-14-28-31(22)25)24(32)30-18-9-7-8-15(3)11-18/h7-9,11-14,22H,5-6,10H2,1-4H3,(H,30,32)(H,27,28,29). The number of hydrogen-bond donors (Lipinski definition) is 2. The molecule has 2 heterocycles. The first-order valence-corrected chi connectivity index (χ1v) is 12.1. The van der Waals surface area contributed by atoms with Crippen LogP contribution in [0.4, 0.5) is 11.6 Å². The quantitative estimate of drug-likeness (QED) is 0.405. The Morgan fingerprint density at radius 3 is 2.76 bits per heavy atom. The number of benzene rings is 2. The molecule has 0 fully saturated rings. The van der Waals surface area contributed by atoms with Crippen molar-refractivity contribution in [1.82, 2.24) is 14.8 Å². The van der Waals surface area contributed by atoms with Gasteiger partial charge in [-0.15, -0.1) is 0 Å². The Hall–Kier alpha value is -3.33. The summed E-state index contributed by atoms with van der Waals surface area (Å²) >= 11 is 3.65. The smallest absolute Gasteiger partial charge is 0.255 e. The Balaban J connectivity index is 1.79. The number of ether oxygens (including phenoxy) is 2. The monoisotopic (exact) mass is 525 g/mol. The fourth-order valence-corrected chi connectivity index (χ4v) is 4.54. The Morgan fingerprint density at radius 1 is 1.21 bits per heavy atom. The van der Waals surface area contributed by atoms with Crippen molar-refractivity contribution >= 4 is 33.5 Å². The second kappa shape index (κ2) is 10.3. The molecular formula is C25H28BrN5O3. The first-order valence-electron chi connectivity index (χ1n) is 11.3. The maximum absolute atomic E-state index is 13.6. The number of halogens is 1. The molecule has 2 aromatic carbocycles. The van der Waals surface area contributed by atoms with E-state index in [4.69, 9.17) is 9.47 Å². The lowest BCUT2D eigenvalue weighted by Gasteiger charge is -2.29. The number of rotatable bonds is 8. The average Bonchev–Trinajstić information content (AvgIpc) is 3.25. The van der Waals surface area contributed by atoms with Gasteiger partial charge in [0.2, 0.25) is 5.95 Å². The Morgan fingerprint density at radius 2 is 2.03 bits per heavy atom. The van der Waals surface area contributed by atoms with Crippen LogP contribution in [0.1, 0.15) is 44.4 Å². The lowest BCUT2D eigenvalue weighted by Crippen LogP contribution is -2.31. The molecule has 0 spiro atoms. The lowest BCUT2D eigenvalue weighted by atomic mass is 9.94. The van der Waals surface area contributed by atoms with E-state index >= 15 is 0 Å². The van der Waals surface area contributed by atoms with Crippen molar-refractivity contribution in [2.75, 3.05) is 23.8 Å². The third-order valence-electron chi connectivity index (χ3n) is 5.41. The van der Waals surface area contributed by atoms with Crippen LogP contribution in [0.2, 0.25) is 0 Å². The molecule has 9 heteroatoms. The summed E-state index contributed by atoms with van der Waals surface area (Å²) in [7, 11) is 0. The minimum atomic E-state index is -0.515. The zero-order valence-electron chi connectivity index (χ0n) is 19.7. The van der Waals surface area contributed by atoms with Gasteiger partial charge in [0.25, 0.3) is 5.91 Å². The minimum absolute atomic E-state index is 0.220. The van der Waals surface area contributed by atoms with Crippen LogP contribution in [0, 0.1) is 6.92 Å². The molecule has 1 atom stereocenters. The number of carbonyl (C=O) groups excluding carboxylic acids is 1. The summed E-state index contributed by atoms with van der Waals surface area (Å²) in [5.74, 6) is 1.60. The molecule has 1 aromatic heterocycles. The molecule has 3 aromatic rings. The molecule has 0 saturated heterocycles. The van der Waals surface area contributed by atoms with Crippen LogP contribution >= 0.6 is 15.9 Å². The number of amides is 1. The molecule has 0 saturated carbocycles. The SMILES string of the molecule is CCCOc1c(Br)cc(C2C(C(=O)Nc3cccc(C)c3)=C(C)Nc3ncnn32)cc1OCC. The van der Waals surface area contributed by atoms with E-state index in [1.165, 1.54) is 6.33 Å². The summed E-state index contributed by atoms with van der Waals surface area (Å²) in [6, 6.07) is 11.1. The fraction of sp³-hybridized carbons (Fsp3) is 0.320. The van der Waals surface area contributed by atoms with Crippen molar-refractivity contribution in [2.24, 2.45) is 0 Å². The highest BCUT2D eigenvalue weighted by Gasteiger charge is 2.34. The summed E-state index contributed by atoms with van der Waals surface area (Å²) in [4.78, 5) is 17.9. The van der Waals surface area contributed by atoms with E-state index in [2.05, 4.69) is 43.6 Å². The number of nitrogens with one attached hydrogen (secondary N) is 2. The molecule has 1 unspecified atom stereocenters. The van der Waals surface area contributed by atoms with Gasteiger partial charge in [0.05, 0.1) is 23.3 Å². The van der Waals surface area contributed by atoms with E-state index in [0.29, 0.717) is 41.9 Å². The van der Waals surface area contributed by atoms with Crippen LogP contribution < -0.4 is 20.1 Å². The Kier molecular flexibility index (Phi) is 7.21. The zero-order valence-corrected chi connectivity index (χ0v) is 21.3. The zero-order chi connectivity index (χ0) is 24.2. The van der Waals surface area contributed by atoms with Crippen LogP contribution in [-0.4, -0.2) is 33.9 Å². The van der Waals surface area contributed by atoms with E-state index in [1.54, 1.807) is 4.68 Å².